The molecule has 0 atom stereocenters. The average Bonchev–Trinajstić information content (AvgIpc) is 3.18. The molecule has 1 saturated carbocycles. The molecular formula is C14H17NO4S. The van der Waals surface area contributed by atoms with Crippen molar-refractivity contribution in [3.05, 3.63) is 35.4 Å². The summed E-state index contributed by atoms with van der Waals surface area (Å²) in [4.78, 5) is 11.1. The third-order valence-corrected chi connectivity index (χ3v) is 4.44. The number of anilines is 1. The van der Waals surface area contributed by atoms with Crippen molar-refractivity contribution in [3.8, 4) is 0 Å². The van der Waals surface area contributed by atoms with Crippen LogP contribution in [-0.4, -0.2) is 32.8 Å². The fraction of sp³-hybridized carbons (Fsp3) is 0.357. The van der Waals surface area contributed by atoms with E-state index in [1.807, 2.05) is 12.2 Å². The van der Waals surface area contributed by atoms with Crippen LogP contribution in [0.15, 0.2) is 24.3 Å². The molecule has 0 bridgehead atoms. The minimum Gasteiger partial charge on any atom is -0.478 e. The maximum atomic E-state index is 11.6. The Bertz CT molecular complexity index is 660. The summed E-state index contributed by atoms with van der Waals surface area (Å²) in [6.45, 7) is 0. The summed E-state index contributed by atoms with van der Waals surface area (Å²) in [5, 5.41) is 9.12. The number of allylic oxidation sites excluding steroid dienone is 1. The zero-order valence-corrected chi connectivity index (χ0v) is 12.2. The molecule has 0 heterocycles. The summed E-state index contributed by atoms with van der Waals surface area (Å²) < 4.78 is 24.2. The van der Waals surface area contributed by atoms with E-state index in [2.05, 4.69) is 0 Å². The SMILES string of the molecule is CN(c1cc(C=CC2CC2)cc(C(=O)O)c1)S(C)(=O)=O. The second-order valence-electron chi connectivity index (χ2n) is 5.05. The molecule has 108 valence electrons. The van der Waals surface area contributed by atoms with Crippen LogP contribution in [0.1, 0.15) is 28.8 Å². The molecule has 0 unspecified atom stereocenters. The second kappa shape index (κ2) is 5.28. The van der Waals surface area contributed by atoms with Gasteiger partial charge in [0.2, 0.25) is 10.0 Å². The molecule has 2 rings (SSSR count). The van der Waals surface area contributed by atoms with Gasteiger partial charge in [0, 0.05) is 7.05 Å². The fourth-order valence-corrected chi connectivity index (χ4v) is 2.25. The Kier molecular flexibility index (Phi) is 3.85. The van der Waals surface area contributed by atoms with E-state index in [0.717, 1.165) is 23.4 Å². The Morgan fingerprint density at radius 3 is 2.50 bits per heavy atom. The lowest BCUT2D eigenvalue weighted by molar-refractivity contribution is 0.0697. The monoisotopic (exact) mass is 295 g/mol. The molecule has 1 aromatic rings. The molecule has 6 heteroatoms. The third-order valence-electron chi connectivity index (χ3n) is 3.23. The minimum atomic E-state index is -3.42. The van der Waals surface area contributed by atoms with E-state index in [9.17, 15) is 13.2 Å². The van der Waals surface area contributed by atoms with Gasteiger partial charge in [0.15, 0.2) is 0 Å². The molecule has 0 aromatic heterocycles. The van der Waals surface area contributed by atoms with E-state index in [1.54, 1.807) is 12.1 Å². The maximum absolute atomic E-state index is 11.6. The normalized spacial score (nSPS) is 15.5. The molecular weight excluding hydrogens is 278 g/mol. The lowest BCUT2D eigenvalue weighted by atomic mass is 10.1. The van der Waals surface area contributed by atoms with Gasteiger partial charge in [-0.25, -0.2) is 13.2 Å². The minimum absolute atomic E-state index is 0.0773. The smallest absolute Gasteiger partial charge is 0.335 e. The van der Waals surface area contributed by atoms with Crippen molar-refractivity contribution in [1.82, 2.24) is 0 Å². The van der Waals surface area contributed by atoms with Crippen molar-refractivity contribution in [3.63, 3.8) is 0 Å². The molecule has 20 heavy (non-hydrogen) atoms. The van der Waals surface area contributed by atoms with Crippen LogP contribution in [0.2, 0.25) is 0 Å². The molecule has 1 N–H and O–H groups in total. The highest BCUT2D eigenvalue weighted by Gasteiger charge is 2.18. The highest BCUT2D eigenvalue weighted by molar-refractivity contribution is 7.92. The van der Waals surface area contributed by atoms with Gasteiger partial charge in [-0.2, -0.15) is 0 Å². The summed E-state index contributed by atoms with van der Waals surface area (Å²) in [7, 11) is -2.01. The van der Waals surface area contributed by atoms with Crippen molar-refractivity contribution < 1.29 is 18.3 Å². The molecule has 1 fully saturated rings. The third kappa shape index (κ3) is 3.60. The highest BCUT2D eigenvalue weighted by atomic mass is 32.2. The molecule has 1 aromatic carbocycles. The number of sulfonamides is 1. The number of rotatable bonds is 5. The lowest BCUT2D eigenvalue weighted by Crippen LogP contribution is -2.25. The summed E-state index contributed by atoms with van der Waals surface area (Å²) in [6, 6.07) is 4.57. The summed E-state index contributed by atoms with van der Waals surface area (Å²) in [5.41, 5.74) is 1.12. The maximum Gasteiger partial charge on any atom is 0.335 e. The van der Waals surface area contributed by atoms with Crippen molar-refractivity contribution in [2.75, 3.05) is 17.6 Å². The van der Waals surface area contributed by atoms with E-state index in [0.29, 0.717) is 17.2 Å². The number of carboxylic acid groups (broad SMARTS) is 1. The van der Waals surface area contributed by atoms with E-state index in [4.69, 9.17) is 5.11 Å². The van der Waals surface area contributed by atoms with Crippen molar-refractivity contribution >= 4 is 27.8 Å². The Balaban J connectivity index is 2.42. The first-order valence-corrected chi connectivity index (χ1v) is 8.12. The number of benzene rings is 1. The number of carbonyl (C=O) groups is 1. The number of hydrogen-bond donors (Lipinski definition) is 1. The number of nitrogens with zero attached hydrogens (tertiary/aromatic N) is 1. The molecule has 5 nitrogen and oxygen atoms in total. The number of carboxylic acids is 1. The van der Waals surface area contributed by atoms with Crippen molar-refractivity contribution in [2.24, 2.45) is 5.92 Å². The van der Waals surface area contributed by atoms with Gasteiger partial charge in [0.1, 0.15) is 0 Å². The molecule has 0 saturated heterocycles. The highest BCUT2D eigenvalue weighted by Crippen LogP contribution is 2.31. The first kappa shape index (κ1) is 14.6. The molecule has 0 spiro atoms. The van der Waals surface area contributed by atoms with E-state index in [1.165, 1.54) is 13.1 Å². The van der Waals surface area contributed by atoms with E-state index >= 15 is 0 Å². The van der Waals surface area contributed by atoms with E-state index in [-0.39, 0.29) is 5.56 Å². The van der Waals surface area contributed by atoms with Gasteiger partial charge < -0.3 is 5.11 Å². The predicted octanol–water partition coefficient (Wildman–Crippen LogP) is 2.20. The van der Waals surface area contributed by atoms with Crippen LogP contribution in [-0.2, 0) is 10.0 Å². The van der Waals surface area contributed by atoms with Crippen molar-refractivity contribution in [2.45, 2.75) is 12.8 Å². The molecule has 1 aliphatic carbocycles. The average molecular weight is 295 g/mol. The molecule has 0 aliphatic heterocycles. The number of hydrogen-bond acceptors (Lipinski definition) is 3. The molecule has 1 aliphatic rings. The Labute approximate surface area is 118 Å². The van der Waals surface area contributed by atoms with Crippen LogP contribution in [0, 0.1) is 5.92 Å². The zero-order chi connectivity index (χ0) is 14.9. The first-order chi connectivity index (χ1) is 9.27. The molecule has 0 radical (unpaired) electrons. The van der Waals surface area contributed by atoms with Crippen molar-refractivity contribution in [1.29, 1.82) is 0 Å². The predicted molar refractivity (Wildman–Crippen MR) is 78.4 cm³/mol. The topological polar surface area (TPSA) is 74.7 Å². The van der Waals surface area contributed by atoms with Gasteiger partial charge in [0.05, 0.1) is 17.5 Å². The lowest BCUT2D eigenvalue weighted by Gasteiger charge is -2.17. The van der Waals surface area contributed by atoms with Gasteiger partial charge >= 0.3 is 5.97 Å². The number of aromatic carboxylic acids is 1. The Morgan fingerprint density at radius 1 is 1.35 bits per heavy atom. The first-order valence-electron chi connectivity index (χ1n) is 6.28. The van der Waals surface area contributed by atoms with Crippen LogP contribution in [0.3, 0.4) is 0 Å². The van der Waals surface area contributed by atoms with Gasteiger partial charge in [-0.3, -0.25) is 4.31 Å². The van der Waals surface area contributed by atoms with E-state index < -0.39 is 16.0 Å². The van der Waals surface area contributed by atoms with Gasteiger partial charge in [-0.15, -0.1) is 0 Å². The van der Waals surface area contributed by atoms with Gasteiger partial charge in [-0.05, 0) is 42.5 Å². The van der Waals surface area contributed by atoms with Crippen LogP contribution in [0.5, 0.6) is 0 Å². The summed E-state index contributed by atoms with van der Waals surface area (Å²) >= 11 is 0. The van der Waals surface area contributed by atoms with Crippen LogP contribution >= 0.6 is 0 Å². The Morgan fingerprint density at radius 2 is 2.00 bits per heavy atom. The second-order valence-corrected chi connectivity index (χ2v) is 7.06. The largest absolute Gasteiger partial charge is 0.478 e. The van der Waals surface area contributed by atoms with Gasteiger partial charge in [0.25, 0.3) is 0 Å². The van der Waals surface area contributed by atoms with Gasteiger partial charge in [-0.1, -0.05) is 12.2 Å². The zero-order valence-electron chi connectivity index (χ0n) is 11.4. The van der Waals surface area contributed by atoms with Crippen LogP contribution in [0.4, 0.5) is 5.69 Å². The fourth-order valence-electron chi connectivity index (χ4n) is 1.76. The summed E-state index contributed by atoms with van der Waals surface area (Å²) in [5.74, 6) is -0.505. The van der Waals surface area contributed by atoms with Crippen LogP contribution < -0.4 is 4.31 Å². The Hall–Kier alpha value is -1.82. The molecule has 0 amide bonds. The quantitative estimate of drug-likeness (QED) is 0.903. The van der Waals surface area contributed by atoms with Crippen LogP contribution in [0.25, 0.3) is 6.08 Å². The standard InChI is InChI=1S/C14H17NO4S/c1-15(20(2,18)19)13-8-11(6-5-10-3-4-10)7-12(9-13)14(16)17/h5-10H,3-4H2,1-2H3,(H,16,17). The summed E-state index contributed by atoms with van der Waals surface area (Å²) in [6.07, 6.45) is 7.28.